The Labute approximate surface area is 169 Å². The minimum Gasteiger partial charge on any atom is -0.481 e. The second-order valence-electron chi connectivity index (χ2n) is 6.59. The van der Waals surface area contributed by atoms with E-state index in [-0.39, 0.29) is 12.1 Å². The zero-order valence-electron chi connectivity index (χ0n) is 15.5. The molecule has 1 aromatic heterocycles. The predicted molar refractivity (Wildman–Crippen MR) is 109 cm³/mol. The lowest BCUT2D eigenvalue weighted by molar-refractivity contribution is 0.184. The Hall–Kier alpha value is -1.83. The van der Waals surface area contributed by atoms with E-state index in [1.807, 2.05) is 0 Å². The Morgan fingerprint density at radius 1 is 1.15 bits per heavy atom. The van der Waals surface area contributed by atoms with Crippen LogP contribution in [0.15, 0.2) is 18.2 Å². The van der Waals surface area contributed by atoms with E-state index in [2.05, 4.69) is 38.7 Å². The Bertz CT molecular complexity index is 782. The number of likely N-dealkylation sites (N-methyl/N-ethyl adjacent to an activating group) is 1. The maximum absolute atomic E-state index is 6.28. The van der Waals surface area contributed by atoms with E-state index < -0.39 is 0 Å². The normalized spacial score (nSPS) is 16.4. The summed E-state index contributed by atoms with van der Waals surface area (Å²) in [6.45, 7) is 5.67. The third-order valence-electron chi connectivity index (χ3n) is 4.47. The van der Waals surface area contributed by atoms with Gasteiger partial charge in [0, 0.05) is 26.2 Å². The van der Waals surface area contributed by atoms with E-state index in [1.54, 1.807) is 18.2 Å². The van der Waals surface area contributed by atoms with Gasteiger partial charge in [-0.15, -0.1) is 0 Å². The standard InChI is InChI=1S/C18H24Cl2N6O/c1-3-5-14(27-13-7-4-6-12(19)15(13)20)16-22-17(21)24-18(23-16)26-10-8-25(2)9-11-26/h4,6-7,14H,3,5,8-11H2,1-2H3,(H2,21,22,23,24). The molecule has 2 N–H and O–H groups in total. The monoisotopic (exact) mass is 410 g/mol. The summed E-state index contributed by atoms with van der Waals surface area (Å²) >= 11 is 12.4. The molecule has 0 radical (unpaired) electrons. The van der Waals surface area contributed by atoms with Crippen LogP contribution in [-0.4, -0.2) is 53.1 Å². The van der Waals surface area contributed by atoms with Crippen molar-refractivity contribution in [1.82, 2.24) is 19.9 Å². The average molecular weight is 411 g/mol. The van der Waals surface area contributed by atoms with E-state index in [0.29, 0.717) is 34.0 Å². The zero-order valence-corrected chi connectivity index (χ0v) is 17.0. The van der Waals surface area contributed by atoms with Crippen molar-refractivity contribution in [1.29, 1.82) is 0 Å². The van der Waals surface area contributed by atoms with Gasteiger partial charge in [-0.3, -0.25) is 0 Å². The number of rotatable bonds is 6. The smallest absolute Gasteiger partial charge is 0.230 e. The number of anilines is 2. The van der Waals surface area contributed by atoms with Crippen molar-refractivity contribution in [3.8, 4) is 5.75 Å². The largest absolute Gasteiger partial charge is 0.481 e. The highest BCUT2D eigenvalue weighted by atomic mass is 35.5. The molecule has 1 unspecified atom stereocenters. The lowest BCUT2D eigenvalue weighted by Gasteiger charge is -2.32. The summed E-state index contributed by atoms with van der Waals surface area (Å²) < 4.78 is 6.12. The van der Waals surface area contributed by atoms with Crippen molar-refractivity contribution < 1.29 is 4.74 Å². The molecule has 0 amide bonds. The third kappa shape index (κ3) is 4.91. The van der Waals surface area contributed by atoms with Crippen molar-refractivity contribution in [3.63, 3.8) is 0 Å². The van der Waals surface area contributed by atoms with Crippen molar-refractivity contribution in [2.75, 3.05) is 43.9 Å². The molecule has 7 nitrogen and oxygen atoms in total. The van der Waals surface area contributed by atoms with Gasteiger partial charge in [0.1, 0.15) is 10.8 Å². The van der Waals surface area contributed by atoms with Crippen LogP contribution < -0.4 is 15.4 Å². The molecule has 0 saturated carbocycles. The first-order valence-corrected chi connectivity index (χ1v) is 9.79. The van der Waals surface area contributed by atoms with Gasteiger partial charge in [0.25, 0.3) is 0 Å². The summed E-state index contributed by atoms with van der Waals surface area (Å²) in [6.07, 6.45) is 1.22. The van der Waals surface area contributed by atoms with Crippen LogP contribution in [0.5, 0.6) is 5.75 Å². The number of nitrogens with two attached hydrogens (primary N) is 1. The molecular weight excluding hydrogens is 387 g/mol. The summed E-state index contributed by atoms with van der Waals surface area (Å²) in [4.78, 5) is 17.7. The fourth-order valence-corrected chi connectivity index (χ4v) is 3.26. The SMILES string of the molecule is CCCC(Oc1cccc(Cl)c1Cl)c1nc(N)nc(N2CCN(C)CC2)n1. The van der Waals surface area contributed by atoms with Gasteiger partial charge in [-0.2, -0.15) is 15.0 Å². The topological polar surface area (TPSA) is 80.4 Å². The number of aromatic nitrogens is 3. The summed E-state index contributed by atoms with van der Waals surface area (Å²) in [5.41, 5.74) is 5.97. The highest BCUT2D eigenvalue weighted by molar-refractivity contribution is 6.42. The highest BCUT2D eigenvalue weighted by Gasteiger charge is 2.23. The number of piperazine rings is 1. The van der Waals surface area contributed by atoms with Gasteiger partial charge >= 0.3 is 0 Å². The number of hydrogen-bond donors (Lipinski definition) is 1. The molecule has 1 aromatic carbocycles. The molecule has 2 heterocycles. The lowest BCUT2D eigenvalue weighted by Crippen LogP contribution is -2.45. The second kappa shape index (κ2) is 8.91. The van der Waals surface area contributed by atoms with E-state index in [0.717, 1.165) is 32.6 Å². The molecule has 1 aliphatic rings. The van der Waals surface area contributed by atoms with Crippen LogP contribution in [0.4, 0.5) is 11.9 Å². The van der Waals surface area contributed by atoms with E-state index in [9.17, 15) is 0 Å². The minimum absolute atomic E-state index is 0.191. The van der Waals surface area contributed by atoms with Crippen LogP contribution in [0, 0.1) is 0 Å². The van der Waals surface area contributed by atoms with Gasteiger partial charge in [-0.05, 0) is 25.6 Å². The first kappa shape index (κ1) is 19.9. The molecule has 2 aromatic rings. The minimum atomic E-state index is -0.387. The fraction of sp³-hybridized carbons (Fsp3) is 0.500. The van der Waals surface area contributed by atoms with Crippen molar-refractivity contribution in [2.45, 2.75) is 25.9 Å². The Morgan fingerprint density at radius 2 is 1.89 bits per heavy atom. The van der Waals surface area contributed by atoms with Gasteiger partial charge in [0.15, 0.2) is 11.9 Å². The van der Waals surface area contributed by atoms with Gasteiger partial charge in [-0.25, -0.2) is 0 Å². The van der Waals surface area contributed by atoms with Gasteiger partial charge in [0.2, 0.25) is 11.9 Å². The Kier molecular flexibility index (Phi) is 6.57. The summed E-state index contributed by atoms with van der Waals surface area (Å²) in [7, 11) is 2.10. The number of ether oxygens (including phenoxy) is 1. The first-order valence-electron chi connectivity index (χ1n) is 9.03. The van der Waals surface area contributed by atoms with Crippen LogP contribution in [-0.2, 0) is 0 Å². The van der Waals surface area contributed by atoms with Crippen LogP contribution >= 0.6 is 23.2 Å². The molecule has 27 heavy (non-hydrogen) atoms. The van der Waals surface area contributed by atoms with Crippen molar-refractivity contribution >= 4 is 35.1 Å². The molecule has 9 heteroatoms. The van der Waals surface area contributed by atoms with Gasteiger partial charge in [0.05, 0.1) is 5.02 Å². The van der Waals surface area contributed by atoms with Crippen molar-refractivity contribution in [3.05, 3.63) is 34.1 Å². The maximum atomic E-state index is 6.28. The molecule has 0 bridgehead atoms. The molecule has 1 aliphatic heterocycles. The molecule has 0 spiro atoms. The van der Waals surface area contributed by atoms with E-state index >= 15 is 0 Å². The molecule has 146 valence electrons. The van der Waals surface area contributed by atoms with Gasteiger partial charge < -0.3 is 20.3 Å². The lowest BCUT2D eigenvalue weighted by atomic mass is 10.2. The fourth-order valence-electron chi connectivity index (χ4n) is 2.92. The van der Waals surface area contributed by atoms with Gasteiger partial charge in [-0.1, -0.05) is 42.6 Å². The molecule has 1 atom stereocenters. The second-order valence-corrected chi connectivity index (χ2v) is 7.37. The van der Waals surface area contributed by atoms with Crippen molar-refractivity contribution in [2.24, 2.45) is 0 Å². The van der Waals surface area contributed by atoms with E-state index in [4.69, 9.17) is 33.7 Å². The van der Waals surface area contributed by atoms with Crippen LogP contribution in [0.3, 0.4) is 0 Å². The number of benzene rings is 1. The Balaban J connectivity index is 1.87. The third-order valence-corrected chi connectivity index (χ3v) is 5.27. The summed E-state index contributed by atoms with van der Waals surface area (Å²) in [6, 6.07) is 5.30. The number of nitrogen functional groups attached to an aromatic ring is 1. The highest BCUT2D eigenvalue weighted by Crippen LogP contribution is 2.35. The van der Waals surface area contributed by atoms with E-state index in [1.165, 1.54) is 0 Å². The number of halogens is 2. The molecular formula is C18H24Cl2N6O. The number of nitrogens with zero attached hydrogens (tertiary/aromatic N) is 5. The molecule has 1 fully saturated rings. The van der Waals surface area contributed by atoms with Crippen LogP contribution in [0.1, 0.15) is 31.7 Å². The number of hydrogen-bond acceptors (Lipinski definition) is 7. The average Bonchev–Trinajstić information content (AvgIpc) is 2.65. The Morgan fingerprint density at radius 3 is 2.59 bits per heavy atom. The predicted octanol–water partition coefficient (Wildman–Crippen LogP) is 3.43. The summed E-state index contributed by atoms with van der Waals surface area (Å²) in [5.74, 6) is 1.79. The summed E-state index contributed by atoms with van der Waals surface area (Å²) in [5, 5.41) is 0.819. The van der Waals surface area contributed by atoms with Crippen LogP contribution in [0.25, 0.3) is 0 Å². The quantitative estimate of drug-likeness (QED) is 0.780. The molecule has 3 rings (SSSR count). The maximum Gasteiger partial charge on any atom is 0.230 e. The first-order chi connectivity index (χ1) is 13.0. The van der Waals surface area contributed by atoms with Crippen LogP contribution in [0.2, 0.25) is 10.0 Å². The molecule has 1 saturated heterocycles. The molecule has 0 aliphatic carbocycles. The zero-order chi connectivity index (χ0) is 19.4.